The van der Waals surface area contributed by atoms with Gasteiger partial charge >= 0.3 is 0 Å². The molecule has 3 heterocycles. The molecule has 0 unspecified atom stereocenters. The average molecular weight is 633 g/mol. The third-order valence-corrected chi connectivity index (χ3v) is 11.0. The molecule has 48 heavy (non-hydrogen) atoms. The van der Waals surface area contributed by atoms with Gasteiger partial charge in [0.2, 0.25) is 0 Å². The van der Waals surface area contributed by atoms with Crippen molar-refractivity contribution in [1.29, 1.82) is 0 Å². The summed E-state index contributed by atoms with van der Waals surface area (Å²) in [6.07, 6.45) is 0. The van der Waals surface area contributed by atoms with Gasteiger partial charge in [0, 0.05) is 42.6 Å². The molecule has 0 amide bonds. The topological polar surface area (TPSA) is 22.4 Å². The monoisotopic (exact) mass is 632 g/mol. The van der Waals surface area contributed by atoms with Gasteiger partial charge in [0.05, 0.1) is 5.41 Å². The van der Waals surface area contributed by atoms with E-state index >= 15 is 0 Å². The molecule has 0 bridgehead atoms. The molecule has 0 fully saturated rings. The van der Waals surface area contributed by atoms with E-state index in [4.69, 9.17) is 9.15 Å². The molecular weight excluding hydrogens is 605 g/mol. The smallest absolute Gasteiger partial charge is 0.143 e. The highest BCUT2D eigenvalue weighted by Gasteiger charge is 2.45. The van der Waals surface area contributed by atoms with Gasteiger partial charge in [0.15, 0.2) is 0 Å². The molecule has 0 saturated carbocycles. The number of rotatable bonds is 4. The van der Waals surface area contributed by atoms with Gasteiger partial charge in [-0.3, -0.25) is 0 Å². The first-order chi connectivity index (χ1) is 23.8. The van der Waals surface area contributed by atoms with Crippen LogP contribution in [0.5, 0.6) is 11.5 Å². The maximum absolute atomic E-state index is 6.75. The molecule has 0 aliphatic carbocycles. The summed E-state index contributed by atoms with van der Waals surface area (Å²) in [5.74, 6) is 1.76. The molecule has 0 atom stereocenters. The van der Waals surface area contributed by atoms with Crippen molar-refractivity contribution in [2.45, 2.75) is 5.41 Å². The van der Waals surface area contributed by atoms with Crippen molar-refractivity contribution in [2.24, 2.45) is 0 Å². The Morgan fingerprint density at radius 2 is 1.19 bits per heavy atom. The minimum atomic E-state index is -0.520. The summed E-state index contributed by atoms with van der Waals surface area (Å²) in [5.41, 5.74) is 8.37. The molecule has 226 valence electrons. The lowest BCUT2D eigenvalue weighted by molar-refractivity contribution is 0.435. The van der Waals surface area contributed by atoms with Crippen LogP contribution in [0.4, 0.5) is 0 Å². The van der Waals surface area contributed by atoms with Crippen LogP contribution in [-0.4, -0.2) is 0 Å². The minimum Gasteiger partial charge on any atom is -0.457 e. The van der Waals surface area contributed by atoms with Crippen molar-refractivity contribution in [3.63, 3.8) is 0 Å². The predicted molar refractivity (Wildman–Crippen MR) is 198 cm³/mol. The predicted octanol–water partition coefficient (Wildman–Crippen LogP) is 12.6. The highest BCUT2D eigenvalue weighted by atomic mass is 32.1. The molecular formula is C45H28O2S. The number of hydrogen-bond donors (Lipinski definition) is 0. The van der Waals surface area contributed by atoms with E-state index in [0.717, 1.165) is 55.5 Å². The van der Waals surface area contributed by atoms with Crippen LogP contribution >= 0.6 is 11.3 Å². The van der Waals surface area contributed by atoms with Crippen LogP contribution in [0.1, 0.15) is 22.3 Å². The van der Waals surface area contributed by atoms with E-state index in [2.05, 4.69) is 170 Å². The van der Waals surface area contributed by atoms with Crippen molar-refractivity contribution >= 4 is 44.0 Å². The van der Waals surface area contributed by atoms with Crippen LogP contribution in [0.15, 0.2) is 174 Å². The van der Waals surface area contributed by atoms with E-state index in [1.165, 1.54) is 31.8 Å². The molecule has 0 saturated heterocycles. The summed E-state index contributed by atoms with van der Waals surface area (Å²) < 4.78 is 13.2. The highest BCUT2D eigenvalue weighted by Crippen LogP contribution is 2.56. The fourth-order valence-corrected chi connectivity index (χ4v) is 8.79. The van der Waals surface area contributed by atoms with E-state index in [1.54, 1.807) is 11.3 Å². The van der Waals surface area contributed by atoms with E-state index in [1.807, 2.05) is 0 Å². The Morgan fingerprint density at radius 3 is 2.02 bits per heavy atom. The zero-order chi connectivity index (χ0) is 31.7. The van der Waals surface area contributed by atoms with Gasteiger partial charge in [-0.05, 0) is 58.5 Å². The second-order valence-corrected chi connectivity index (χ2v) is 13.5. The summed E-state index contributed by atoms with van der Waals surface area (Å²) in [5, 5.41) is 4.63. The quantitative estimate of drug-likeness (QED) is 0.193. The van der Waals surface area contributed by atoms with Crippen molar-refractivity contribution in [3.05, 3.63) is 192 Å². The van der Waals surface area contributed by atoms with E-state index < -0.39 is 5.41 Å². The van der Waals surface area contributed by atoms with Crippen molar-refractivity contribution in [3.8, 4) is 32.4 Å². The molecule has 0 radical (unpaired) electrons. The van der Waals surface area contributed by atoms with Crippen molar-refractivity contribution < 1.29 is 9.15 Å². The fraction of sp³-hybridized carbons (Fsp3) is 0.0222. The van der Waals surface area contributed by atoms with E-state index in [0.29, 0.717) is 0 Å². The van der Waals surface area contributed by atoms with Crippen molar-refractivity contribution in [1.82, 2.24) is 0 Å². The van der Waals surface area contributed by atoms with Crippen LogP contribution in [0.3, 0.4) is 0 Å². The molecule has 7 aromatic carbocycles. The minimum absolute atomic E-state index is 0.520. The molecule has 1 aliphatic heterocycles. The Bertz CT molecular complexity index is 2610. The van der Waals surface area contributed by atoms with Crippen LogP contribution in [0, 0.1) is 0 Å². The molecule has 2 nitrogen and oxygen atoms in total. The third kappa shape index (κ3) is 3.92. The summed E-state index contributed by atoms with van der Waals surface area (Å²) >= 11 is 1.80. The lowest BCUT2D eigenvalue weighted by Gasteiger charge is -2.41. The van der Waals surface area contributed by atoms with E-state index in [9.17, 15) is 0 Å². The molecule has 2 aromatic heterocycles. The largest absolute Gasteiger partial charge is 0.457 e. The fourth-order valence-electron chi connectivity index (χ4n) is 7.76. The first-order valence-electron chi connectivity index (χ1n) is 16.3. The van der Waals surface area contributed by atoms with Gasteiger partial charge in [0.25, 0.3) is 0 Å². The van der Waals surface area contributed by atoms with Gasteiger partial charge in [-0.25, -0.2) is 0 Å². The Labute approximate surface area is 282 Å². The number of hydrogen-bond acceptors (Lipinski definition) is 3. The van der Waals surface area contributed by atoms with Gasteiger partial charge in [-0.1, -0.05) is 133 Å². The molecule has 1 aliphatic rings. The second kappa shape index (κ2) is 10.6. The Hall–Kier alpha value is -5.90. The highest BCUT2D eigenvalue weighted by molar-refractivity contribution is 7.19. The maximum Gasteiger partial charge on any atom is 0.143 e. The lowest BCUT2D eigenvalue weighted by atomic mass is 9.63. The van der Waals surface area contributed by atoms with Crippen molar-refractivity contribution in [2.75, 3.05) is 0 Å². The summed E-state index contributed by atoms with van der Waals surface area (Å²) in [6.45, 7) is 0. The normalized spacial score (nSPS) is 13.3. The van der Waals surface area contributed by atoms with Crippen LogP contribution in [0.25, 0.3) is 53.6 Å². The van der Waals surface area contributed by atoms with Crippen LogP contribution < -0.4 is 4.74 Å². The molecule has 0 spiro atoms. The number of furan rings is 1. The first kappa shape index (κ1) is 27.2. The second-order valence-electron chi connectivity index (χ2n) is 12.4. The Kier molecular flexibility index (Phi) is 5.99. The molecule has 9 aromatic rings. The Balaban J connectivity index is 1.13. The SMILES string of the molecule is c1ccc(C2(c3ccccc3)c3ccccc3Oc3cc(-c4ccc(-c5cccc6oc7c8ccccc8ccc7c56)s4)ccc32)cc1. The van der Waals surface area contributed by atoms with Gasteiger partial charge in [-0.15, -0.1) is 11.3 Å². The van der Waals surface area contributed by atoms with E-state index in [-0.39, 0.29) is 0 Å². The number of para-hydroxylation sites is 1. The number of fused-ring (bicyclic) bond motifs is 7. The van der Waals surface area contributed by atoms with Gasteiger partial charge in [0.1, 0.15) is 22.7 Å². The van der Waals surface area contributed by atoms with Crippen LogP contribution in [-0.2, 0) is 5.41 Å². The first-order valence-corrected chi connectivity index (χ1v) is 17.1. The standard InChI is InChI=1S/C45H28O2S/c1-3-13-31(14-4-1)45(32-15-5-2-6-16-32)36-19-9-10-20-38(36)46-40-28-30(23-25-37(40)45)41-26-27-42(48-41)34-18-11-21-39-43(34)35-24-22-29-12-7-8-17-33(29)44(35)47-39/h1-28H. The summed E-state index contributed by atoms with van der Waals surface area (Å²) in [7, 11) is 0. The average Bonchev–Trinajstić information content (AvgIpc) is 3.80. The zero-order valence-electron chi connectivity index (χ0n) is 25.9. The lowest BCUT2D eigenvalue weighted by Crippen LogP contribution is -2.34. The number of thiophene rings is 1. The molecule has 10 rings (SSSR count). The van der Waals surface area contributed by atoms with Crippen LogP contribution in [0.2, 0.25) is 0 Å². The third-order valence-electron chi connectivity index (χ3n) is 9.85. The molecule has 3 heteroatoms. The van der Waals surface area contributed by atoms with Gasteiger partial charge < -0.3 is 9.15 Å². The summed E-state index contributed by atoms with van der Waals surface area (Å²) in [4.78, 5) is 2.40. The van der Waals surface area contributed by atoms with Gasteiger partial charge in [-0.2, -0.15) is 0 Å². The number of ether oxygens (including phenoxy) is 1. The zero-order valence-corrected chi connectivity index (χ0v) is 26.7. The maximum atomic E-state index is 6.75. The molecule has 0 N–H and O–H groups in total. The number of benzene rings is 7. The summed E-state index contributed by atoms with van der Waals surface area (Å²) in [6, 6.07) is 60.5. The Morgan fingerprint density at radius 1 is 0.479 bits per heavy atom.